The normalized spacial score (nSPS) is 17.1. The number of fused-ring (bicyclic) bond motifs is 1. The molecule has 1 saturated heterocycles. The van der Waals surface area contributed by atoms with E-state index in [-0.39, 0.29) is 11.8 Å². The molecule has 1 aromatic carbocycles. The molecule has 0 bridgehead atoms. The summed E-state index contributed by atoms with van der Waals surface area (Å²) >= 11 is 1.68. The van der Waals surface area contributed by atoms with E-state index in [1.165, 1.54) is 4.70 Å². The predicted molar refractivity (Wildman–Crippen MR) is 108 cm³/mol. The number of carbonyl (C=O) groups is 1. The number of para-hydroxylation sites is 1. The van der Waals surface area contributed by atoms with Gasteiger partial charge in [0.15, 0.2) is 5.13 Å². The fourth-order valence-corrected chi connectivity index (χ4v) is 4.36. The first-order valence-electron chi connectivity index (χ1n) is 9.07. The molecule has 2 aromatic heterocycles. The van der Waals surface area contributed by atoms with Gasteiger partial charge in [-0.05, 0) is 44.9 Å². The largest absolute Gasteiger partial charge is 0.347 e. The van der Waals surface area contributed by atoms with Gasteiger partial charge in [-0.2, -0.15) is 0 Å². The lowest BCUT2D eigenvalue weighted by Crippen LogP contribution is -2.44. The third-order valence-corrected chi connectivity index (χ3v) is 5.72. The van der Waals surface area contributed by atoms with E-state index in [4.69, 9.17) is 4.98 Å². The quantitative estimate of drug-likeness (QED) is 0.675. The number of hydrogen-bond donors (Lipinski definition) is 2. The van der Waals surface area contributed by atoms with Gasteiger partial charge in [-0.3, -0.25) is 15.6 Å². The molecule has 1 atom stereocenters. The molecule has 1 aliphatic rings. The van der Waals surface area contributed by atoms with Gasteiger partial charge in [0, 0.05) is 24.5 Å². The van der Waals surface area contributed by atoms with Crippen LogP contribution in [0.3, 0.4) is 0 Å². The second kappa shape index (κ2) is 7.48. The third kappa shape index (κ3) is 4.00. The van der Waals surface area contributed by atoms with Crippen LogP contribution in [0.1, 0.15) is 24.2 Å². The first kappa shape index (κ1) is 17.7. The maximum Gasteiger partial charge on any atom is 0.243 e. The Morgan fingerprint density at radius 3 is 2.74 bits per heavy atom. The van der Waals surface area contributed by atoms with Crippen molar-refractivity contribution < 1.29 is 4.79 Å². The van der Waals surface area contributed by atoms with Gasteiger partial charge >= 0.3 is 0 Å². The minimum atomic E-state index is -0.0934. The summed E-state index contributed by atoms with van der Waals surface area (Å²) < 4.78 is 1.17. The van der Waals surface area contributed by atoms with E-state index in [0.29, 0.717) is 12.5 Å². The number of nitrogens with zero attached hydrogens (tertiary/aromatic N) is 4. The molecule has 1 aliphatic heterocycles. The number of piperidine rings is 1. The van der Waals surface area contributed by atoms with E-state index in [1.54, 1.807) is 11.3 Å². The lowest BCUT2D eigenvalue weighted by Gasteiger charge is -2.31. The number of benzene rings is 1. The summed E-state index contributed by atoms with van der Waals surface area (Å²) in [6, 6.07) is 10.0. The van der Waals surface area contributed by atoms with Crippen molar-refractivity contribution in [1.29, 1.82) is 0 Å². The summed E-state index contributed by atoms with van der Waals surface area (Å²) in [5.74, 6) is 0.285. The smallest absolute Gasteiger partial charge is 0.243 e. The van der Waals surface area contributed by atoms with E-state index in [9.17, 15) is 4.79 Å². The highest BCUT2D eigenvalue weighted by Crippen LogP contribution is 2.31. The van der Waals surface area contributed by atoms with Crippen LogP contribution in [0.25, 0.3) is 10.2 Å². The Kier molecular flexibility index (Phi) is 4.89. The highest BCUT2D eigenvalue weighted by Gasteiger charge is 2.27. The number of aryl methyl sites for hydroxylation is 2. The van der Waals surface area contributed by atoms with Crippen molar-refractivity contribution in [2.24, 2.45) is 5.92 Å². The second-order valence-electron chi connectivity index (χ2n) is 6.84. The summed E-state index contributed by atoms with van der Waals surface area (Å²) in [7, 11) is 0. The van der Waals surface area contributed by atoms with Gasteiger partial charge < -0.3 is 4.90 Å². The van der Waals surface area contributed by atoms with Crippen LogP contribution in [0, 0.1) is 19.8 Å². The maximum atomic E-state index is 12.6. The number of carbonyl (C=O) groups excluding carboxylic acids is 1. The minimum Gasteiger partial charge on any atom is -0.347 e. The minimum absolute atomic E-state index is 0.0384. The molecule has 140 valence electrons. The number of anilines is 2. The molecule has 4 rings (SSSR count). The van der Waals surface area contributed by atoms with Crippen LogP contribution < -0.4 is 15.8 Å². The molecule has 0 radical (unpaired) electrons. The fraction of sp³-hybridized carbons (Fsp3) is 0.368. The van der Waals surface area contributed by atoms with Crippen molar-refractivity contribution in [3.63, 3.8) is 0 Å². The Balaban J connectivity index is 1.40. The summed E-state index contributed by atoms with van der Waals surface area (Å²) in [6.45, 7) is 5.40. The van der Waals surface area contributed by atoms with E-state index < -0.39 is 0 Å². The molecule has 27 heavy (non-hydrogen) atoms. The van der Waals surface area contributed by atoms with Gasteiger partial charge in [0.1, 0.15) is 0 Å². The zero-order valence-electron chi connectivity index (χ0n) is 15.4. The molecule has 0 spiro atoms. The van der Waals surface area contributed by atoms with Gasteiger partial charge in [-0.1, -0.05) is 23.5 Å². The molecule has 3 aromatic rings. The first-order chi connectivity index (χ1) is 13.1. The van der Waals surface area contributed by atoms with E-state index in [0.717, 1.165) is 41.4 Å². The number of nitrogens with one attached hydrogen (secondary N) is 2. The summed E-state index contributed by atoms with van der Waals surface area (Å²) in [5.41, 5.74) is 8.34. The Hall–Kier alpha value is -2.74. The van der Waals surface area contributed by atoms with Gasteiger partial charge in [0.25, 0.3) is 0 Å². The van der Waals surface area contributed by atoms with Gasteiger partial charge in [-0.15, -0.1) is 0 Å². The van der Waals surface area contributed by atoms with Crippen molar-refractivity contribution in [2.45, 2.75) is 26.7 Å². The number of amides is 1. The molecule has 2 N–H and O–H groups in total. The van der Waals surface area contributed by atoms with Gasteiger partial charge in [-0.25, -0.2) is 15.0 Å². The lowest BCUT2D eigenvalue weighted by atomic mass is 9.98. The Morgan fingerprint density at radius 2 is 1.96 bits per heavy atom. The number of rotatable bonds is 4. The molecule has 0 aliphatic carbocycles. The Bertz CT molecular complexity index is 918. The molecule has 0 saturated carbocycles. The lowest BCUT2D eigenvalue weighted by molar-refractivity contribution is -0.124. The second-order valence-corrected chi connectivity index (χ2v) is 7.85. The molecule has 1 amide bonds. The van der Waals surface area contributed by atoms with Crippen LogP contribution >= 0.6 is 11.3 Å². The van der Waals surface area contributed by atoms with Crippen molar-refractivity contribution >= 4 is 38.5 Å². The van der Waals surface area contributed by atoms with Gasteiger partial charge in [0.05, 0.1) is 16.1 Å². The van der Waals surface area contributed by atoms with Gasteiger partial charge in [0.2, 0.25) is 11.9 Å². The van der Waals surface area contributed by atoms with Crippen molar-refractivity contribution in [3.05, 3.63) is 41.7 Å². The predicted octanol–water partition coefficient (Wildman–Crippen LogP) is 3.06. The number of aromatic nitrogens is 3. The molecule has 8 heteroatoms. The first-order valence-corrected chi connectivity index (χ1v) is 9.89. The fourth-order valence-electron chi connectivity index (χ4n) is 3.36. The third-order valence-electron chi connectivity index (χ3n) is 4.63. The van der Waals surface area contributed by atoms with Crippen LogP contribution in [-0.2, 0) is 4.79 Å². The molecule has 3 heterocycles. The average molecular weight is 382 g/mol. The monoisotopic (exact) mass is 382 g/mol. The average Bonchev–Trinajstić information content (AvgIpc) is 3.10. The maximum absolute atomic E-state index is 12.6. The van der Waals surface area contributed by atoms with Crippen LogP contribution in [0.5, 0.6) is 0 Å². The number of thiazole rings is 1. The molecular weight excluding hydrogens is 360 g/mol. The highest BCUT2D eigenvalue weighted by atomic mass is 32.1. The Labute approximate surface area is 161 Å². The van der Waals surface area contributed by atoms with Crippen molar-refractivity contribution in [3.8, 4) is 0 Å². The topological polar surface area (TPSA) is 83.0 Å². The summed E-state index contributed by atoms with van der Waals surface area (Å²) in [4.78, 5) is 28.1. The zero-order valence-corrected chi connectivity index (χ0v) is 16.2. The van der Waals surface area contributed by atoms with Crippen molar-refractivity contribution in [1.82, 2.24) is 20.4 Å². The molecule has 1 fully saturated rings. The molecular formula is C19H22N6OS. The van der Waals surface area contributed by atoms with E-state index in [2.05, 4.69) is 31.8 Å². The SMILES string of the molecule is Cc1cc(C)nc(NNC(=O)[C@H]2CCCN(c3nc4ccccc4s3)C2)n1. The van der Waals surface area contributed by atoms with E-state index >= 15 is 0 Å². The molecule has 0 unspecified atom stereocenters. The standard InChI is InChI=1S/C19H22N6OS/c1-12-10-13(2)21-18(20-12)24-23-17(26)14-6-5-9-25(11-14)19-22-15-7-3-4-8-16(15)27-19/h3-4,7-8,10,14H,5-6,9,11H2,1-2H3,(H,23,26)(H,20,21,24)/t14-/m0/s1. The zero-order chi connectivity index (χ0) is 18.8. The number of hydrazine groups is 1. The number of hydrogen-bond acceptors (Lipinski definition) is 7. The van der Waals surface area contributed by atoms with Crippen LogP contribution in [-0.4, -0.2) is 33.9 Å². The summed E-state index contributed by atoms with van der Waals surface area (Å²) in [6.07, 6.45) is 1.83. The van der Waals surface area contributed by atoms with Crippen LogP contribution in [0.15, 0.2) is 30.3 Å². The van der Waals surface area contributed by atoms with E-state index in [1.807, 2.05) is 38.1 Å². The molecule has 7 nitrogen and oxygen atoms in total. The van der Waals surface area contributed by atoms with Crippen LogP contribution in [0.2, 0.25) is 0 Å². The Morgan fingerprint density at radius 1 is 1.19 bits per heavy atom. The highest BCUT2D eigenvalue weighted by molar-refractivity contribution is 7.22. The summed E-state index contributed by atoms with van der Waals surface area (Å²) in [5, 5.41) is 0.985. The van der Waals surface area contributed by atoms with Crippen LogP contribution in [0.4, 0.5) is 11.1 Å². The van der Waals surface area contributed by atoms with Crippen molar-refractivity contribution in [2.75, 3.05) is 23.4 Å².